The number of rotatable bonds is 13. The highest BCUT2D eigenvalue weighted by atomic mass is 32.2. The Kier molecular flexibility index (Phi) is 10.2. The minimum Gasteiger partial charge on any atom is -0.484 e. The first-order chi connectivity index (χ1) is 15.4. The van der Waals surface area contributed by atoms with Gasteiger partial charge < -0.3 is 14.8 Å². The summed E-state index contributed by atoms with van der Waals surface area (Å²) >= 11 is 0. The smallest absolute Gasteiger partial charge is 0.338 e. The highest BCUT2D eigenvalue weighted by Crippen LogP contribution is 2.16. The topological polar surface area (TPSA) is 111 Å². The molecule has 0 saturated heterocycles. The van der Waals surface area contributed by atoms with Crippen LogP contribution in [0.15, 0.2) is 53.4 Å². The molecule has 0 bridgehead atoms. The van der Waals surface area contributed by atoms with Gasteiger partial charge in [-0.05, 0) is 61.4 Å². The predicted octanol–water partition coefficient (Wildman–Crippen LogP) is 3.74. The van der Waals surface area contributed by atoms with Crippen molar-refractivity contribution < 1.29 is 27.5 Å². The first kappa shape index (κ1) is 25.4. The van der Waals surface area contributed by atoms with Crippen molar-refractivity contribution in [1.29, 1.82) is 0 Å². The minimum absolute atomic E-state index is 0.138. The molecule has 0 fully saturated rings. The summed E-state index contributed by atoms with van der Waals surface area (Å²) in [5.74, 6) is -0.412. The van der Waals surface area contributed by atoms with Crippen LogP contribution in [-0.2, 0) is 19.6 Å². The number of carbonyl (C=O) groups is 2. The van der Waals surface area contributed by atoms with Gasteiger partial charge in [-0.2, -0.15) is 0 Å². The van der Waals surface area contributed by atoms with E-state index in [9.17, 15) is 18.0 Å². The van der Waals surface area contributed by atoms with Crippen LogP contribution < -0.4 is 14.8 Å². The van der Waals surface area contributed by atoms with Gasteiger partial charge in [0.05, 0.1) is 17.1 Å². The van der Waals surface area contributed by atoms with Crippen molar-refractivity contribution in [3.05, 3.63) is 54.1 Å². The fourth-order valence-electron chi connectivity index (χ4n) is 2.61. The number of anilines is 1. The van der Waals surface area contributed by atoms with Gasteiger partial charge >= 0.3 is 5.97 Å². The summed E-state index contributed by atoms with van der Waals surface area (Å²) < 4.78 is 37.4. The van der Waals surface area contributed by atoms with Gasteiger partial charge in [-0.3, -0.25) is 4.79 Å². The van der Waals surface area contributed by atoms with E-state index in [0.717, 1.165) is 25.7 Å². The Morgan fingerprint density at radius 1 is 0.906 bits per heavy atom. The third kappa shape index (κ3) is 8.32. The summed E-state index contributed by atoms with van der Waals surface area (Å²) in [6.07, 6.45) is 3.42. The molecule has 0 unspecified atom stereocenters. The van der Waals surface area contributed by atoms with Crippen LogP contribution >= 0.6 is 0 Å². The number of ether oxygens (including phenoxy) is 2. The molecule has 0 radical (unpaired) electrons. The number of benzene rings is 2. The summed E-state index contributed by atoms with van der Waals surface area (Å²) in [7, 11) is -3.56. The molecule has 0 aliphatic heterocycles. The van der Waals surface area contributed by atoms with E-state index in [1.807, 2.05) is 13.8 Å². The predicted molar refractivity (Wildman–Crippen MR) is 122 cm³/mol. The average molecular weight is 463 g/mol. The largest absolute Gasteiger partial charge is 0.484 e. The van der Waals surface area contributed by atoms with Crippen LogP contribution in [0.1, 0.15) is 49.9 Å². The van der Waals surface area contributed by atoms with Gasteiger partial charge in [0, 0.05) is 12.2 Å². The van der Waals surface area contributed by atoms with Crippen LogP contribution in [0.2, 0.25) is 0 Å². The molecule has 0 aromatic heterocycles. The Balaban J connectivity index is 1.82. The molecule has 2 rings (SSSR count). The van der Waals surface area contributed by atoms with Gasteiger partial charge in [0.15, 0.2) is 6.61 Å². The Morgan fingerprint density at radius 3 is 2.19 bits per heavy atom. The monoisotopic (exact) mass is 462 g/mol. The molecule has 0 heterocycles. The summed E-state index contributed by atoms with van der Waals surface area (Å²) in [4.78, 5) is 24.1. The van der Waals surface area contributed by atoms with E-state index in [1.165, 1.54) is 24.3 Å². The van der Waals surface area contributed by atoms with Gasteiger partial charge in [0.1, 0.15) is 5.75 Å². The van der Waals surface area contributed by atoms with E-state index in [0.29, 0.717) is 30.2 Å². The van der Waals surface area contributed by atoms with Crippen molar-refractivity contribution in [2.45, 2.75) is 44.4 Å². The zero-order valence-corrected chi connectivity index (χ0v) is 19.2. The van der Waals surface area contributed by atoms with Crippen LogP contribution in [0.5, 0.6) is 5.75 Å². The van der Waals surface area contributed by atoms with Crippen LogP contribution in [-0.4, -0.2) is 40.1 Å². The molecule has 174 valence electrons. The van der Waals surface area contributed by atoms with Crippen LogP contribution in [0.4, 0.5) is 5.69 Å². The Hall–Kier alpha value is -2.91. The van der Waals surface area contributed by atoms with Crippen LogP contribution in [0, 0.1) is 0 Å². The van der Waals surface area contributed by atoms with Crippen molar-refractivity contribution >= 4 is 27.6 Å². The summed E-state index contributed by atoms with van der Waals surface area (Å²) in [6, 6.07) is 12.2. The number of unbranched alkanes of at least 4 members (excludes halogenated alkanes) is 2. The standard InChI is InChI=1S/C23H30N2O6S/c1-3-5-15-24-32(28,29)21-13-11-20(12-14-21)31-17-22(26)25-19-9-7-18(8-10-19)23(27)30-16-6-4-2/h7-14,24H,3-6,15-17H2,1-2H3,(H,25,26). The molecule has 0 saturated carbocycles. The van der Waals surface area contributed by atoms with Gasteiger partial charge in [0.2, 0.25) is 10.0 Å². The van der Waals surface area contributed by atoms with E-state index in [1.54, 1.807) is 24.3 Å². The highest BCUT2D eigenvalue weighted by molar-refractivity contribution is 7.89. The molecular formula is C23H30N2O6S. The lowest BCUT2D eigenvalue weighted by atomic mass is 10.2. The normalized spacial score (nSPS) is 11.1. The fourth-order valence-corrected chi connectivity index (χ4v) is 3.68. The molecule has 9 heteroatoms. The zero-order valence-electron chi connectivity index (χ0n) is 18.4. The van der Waals surface area contributed by atoms with Crippen molar-refractivity contribution in [3.8, 4) is 5.75 Å². The van der Waals surface area contributed by atoms with Crippen molar-refractivity contribution in [2.75, 3.05) is 25.1 Å². The third-order valence-electron chi connectivity index (χ3n) is 4.46. The van der Waals surface area contributed by atoms with Crippen LogP contribution in [0.3, 0.4) is 0 Å². The second-order valence-corrected chi connectivity index (χ2v) is 8.89. The van der Waals surface area contributed by atoms with Crippen LogP contribution in [0.25, 0.3) is 0 Å². The Morgan fingerprint density at radius 2 is 1.56 bits per heavy atom. The maximum absolute atomic E-state index is 12.2. The Labute approximate surface area is 189 Å². The number of hydrogen-bond acceptors (Lipinski definition) is 6. The molecule has 32 heavy (non-hydrogen) atoms. The molecular weight excluding hydrogens is 432 g/mol. The zero-order chi connectivity index (χ0) is 23.4. The lowest BCUT2D eigenvalue weighted by Gasteiger charge is -2.10. The maximum atomic E-state index is 12.2. The maximum Gasteiger partial charge on any atom is 0.338 e. The van der Waals surface area contributed by atoms with Gasteiger partial charge in [-0.15, -0.1) is 0 Å². The molecule has 8 nitrogen and oxygen atoms in total. The second-order valence-electron chi connectivity index (χ2n) is 7.13. The number of amides is 1. The fraction of sp³-hybridized carbons (Fsp3) is 0.391. The lowest BCUT2D eigenvalue weighted by molar-refractivity contribution is -0.118. The molecule has 0 aliphatic carbocycles. The summed E-state index contributed by atoms with van der Waals surface area (Å²) in [5, 5.41) is 2.67. The molecule has 2 N–H and O–H groups in total. The molecule has 1 amide bonds. The van der Waals surface area contributed by atoms with E-state index in [-0.39, 0.29) is 17.4 Å². The van der Waals surface area contributed by atoms with Gasteiger partial charge in [0.25, 0.3) is 5.91 Å². The van der Waals surface area contributed by atoms with E-state index >= 15 is 0 Å². The molecule has 0 spiro atoms. The van der Waals surface area contributed by atoms with Gasteiger partial charge in [-0.25, -0.2) is 17.9 Å². The quantitative estimate of drug-likeness (QED) is 0.347. The van der Waals surface area contributed by atoms with Crippen molar-refractivity contribution in [2.24, 2.45) is 0 Å². The Bertz CT molecular complexity index is 973. The number of esters is 1. The number of sulfonamides is 1. The minimum atomic E-state index is -3.56. The summed E-state index contributed by atoms with van der Waals surface area (Å²) in [5.41, 5.74) is 0.929. The number of nitrogens with one attached hydrogen (secondary N) is 2. The molecule has 0 atom stereocenters. The van der Waals surface area contributed by atoms with Gasteiger partial charge in [-0.1, -0.05) is 26.7 Å². The lowest BCUT2D eigenvalue weighted by Crippen LogP contribution is -2.24. The third-order valence-corrected chi connectivity index (χ3v) is 5.94. The summed E-state index contributed by atoms with van der Waals surface area (Å²) in [6.45, 7) is 4.52. The molecule has 2 aromatic rings. The number of hydrogen-bond donors (Lipinski definition) is 2. The molecule has 0 aliphatic rings. The first-order valence-corrected chi connectivity index (χ1v) is 12.1. The van der Waals surface area contributed by atoms with Crippen molar-refractivity contribution in [3.63, 3.8) is 0 Å². The van der Waals surface area contributed by atoms with E-state index in [2.05, 4.69) is 10.0 Å². The SMILES string of the molecule is CCCCNS(=O)(=O)c1ccc(OCC(=O)Nc2ccc(C(=O)OCCCC)cc2)cc1. The number of carbonyl (C=O) groups excluding carboxylic acids is 2. The van der Waals surface area contributed by atoms with E-state index < -0.39 is 16.0 Å². The average Bonchev–Trinajstić information content (AvgIpc) is 2.78. The second kappa shape index (κ2) is 12.8. The molecule has 2 aromatic carbocycles. The van der Waals surface area contributed by atoms with Crippen molar-refractivity contribution in [1.82, 2.24) is 4.72 Å². The highest BCUT2D eigenvalue weighted by Gasteiger charge is 2.13. The van der Waals surface area contributed by atoms with E-state index in [4.69, 9.17) is 9.47 Å². The first-order valence-electron chi connectivity index (χ1n) is 10.6.